The normalized spacial score (nSPS) is 13.9. The van der Waals surface area contributed by atoms with Crippen molar-refractivity contribution in [2.45, 2.75) is 23.8 Å². The van der Waals surface area contributed by atoms with Gasteiger partial charge in [-0.15, -0.1) is 0 Å². The van der Waals surface area contributed by atoms with Crippen LogP contribution in [0.4, 0.5) is 5.69 Å². The van der Waals surface area contributed by atoms with E-state index in [-0.39, 0.29) is 22.6 Å². The molecule has 0 atom stereocenters. The second-order valence-corrected chi connectivity index (χ2v) is 9.53. The number of rotatable bonds is 6. The average molecular weight is 449 g/mol. The van der Waals surface area contributed by atoms with Gasteiger partial charge in [-0.05, 0) is 72.0 Å². The first-order valence-electron chi connectivity index (χ1n) is 10.3. The van der Waals surface area contributed by atoms with E-state index in [1.165, 1.54) is 34.2 Å². The Bertz CT molecular complexity index is 1220. The van der Waals surface area contributed by atoms with Gasteiger partial charge >= 0.3 is 0 Å². The summed E-state index contributed by atoms with van der Waals surface area (Å²) in [7, 11) is -2.04. The van der Waals surface area contributed by atoms with Crippen molar-refractivity contribution in [3.8, 4) is 5.75 Å². The summed E-state index contributed by atoms with van der Waals surface area (Å²) in [6, 6.07) is 20.6. The fourth-order valence-corrected chi connectivity index (χ4v) is 5.01. The minimum atomic E-state index is -3.66. The zero-order valence-electron chi connectivity index (χ0n) is 17.6. The molecule has 32 heavy (non-hydrogen) atoms. The van der Waals surface area contributed by atoms with E-state index >= 15 is 0 Å². The second-order valence-electron chi connectivity index (χ2n) is 7.81. The first kappa shape index (κ1) is 21.8. The molecule has 6 nitrogen and oxygen atoms in total. The van der Waals surface area contributed by atoms with Gasteiger partial charge < -0.3 is 10.0 Å². The van der Waals surface area contributed by atoms with Crippen molar-refractivity contribution < 1.29 is 18.3 Å². The topological polar surface area (TPSA) is 86.7 Å². The number of aromatic hydroxyl groups is 1. The third-order valence-corrected chi connectivity index (χ3v) is 7.09. The van der Waals surface area contributed by atoms with Gasteiger partial charge in [-0.25, -0.2) is 13.1 Å². The van der Waals surface area contributed by atoms with E-state index in [1.54, 1.807) is 49.5 Å². The molecule has 0 radical (unpaired) electrons. The molecule has 7 heteroatoms. The number of fused-ring (bicyclic) bond motifs is 1. The van der Waals surface area contributed by atoms with E-state index in [4.69, 9.17) is 0 Å². The molecule has 0 aromatic heterocycles. The molecule has 0 spiro atoms. The molecule has 0 fully saturated rings. The number of sulfonamides is 1. The van der Waals surface area contributed by atoms with E-state index in [0.717, 1.165) is 5.56 Å². The van der Waals surface area contributed by atoms with Gasteiger partial charge in [0.15, 0.2) is 0 Å². The summed E-state index contributed by atoms with van der Waals surface area (Å²) in [6.07, 6.45) is 4.44. The molecule has 3 aromatic carbocycles. The summed E-state index contributed by atoms with van der Waals surface area (Å²) >= 11 is 0. The highest BCUT2D eigenvalue weighted by atomic mass is 32.2. The Kier molecular flexibility index (Phi) is 6.12. The molecule has 1 aliphatic carbocycles. The third kappa shape index (κ3) is 4.90. The van der Waals surface area contributed by atoms with Crippen LogP contribution in [0.3, 0.4) is 0 Å². The number of likely N-dealkylation sites (N-methyl/N-ethyl adjacent to an activating group) is 1. The number of phenols is 1. The summed E-state index contributed by atoms with van der Waals surface area (Å²) in [6.45, 7) is 0. The van der Waals surface area contributed by atoms with Crippen molar-refractivity contribution in [2.24, 2.45) is 0 Å². The lowest BCUT2D eigenvalue weighted by Crippen LogP contribution is -2.35. The number of nitrogens with one attached hydrogen (secondary N) is 1. The Morgan fingerprint density at radius 3 is 2.16 bits per heavy atom. The number of nitrogens with zero attached hydrogens (tertiary/aromatic N) is 1. The van der Waals surface area contributed by atoms with Crippen LogP contribution in [0.1, 0.15) is 16.7 Å². The van der Waals surface area contributed by atoms with Crippen LogP contribution in [-0.2, 0) is 27.7 Å². The first-order chi connectivity index (χ1) is 15.3. The van der Waals surface area contributed by atoms with Gasteiger partial charge in [0.05, 0.1) is 4.90 Å². The van der Waals surface area contributed by atoms with Crippen LogP contribution in [0, 0.1) is 0 Å². The Morgan fingerprint density at radius 2 is 1.56 bits per heavy atom. The smallest absolute Gasteiger partial charge is 0.250 e. The number of carbonyl (C=O) groups excluding carboxylic acids is 1. The average Bonchev–Trinajstić information content (AvgIpc) is 3.19. The number of benzene rings is 3. The van der Waals surface area contributed by atoms with Crippen molar-refractivity contribution in [3.05, 3.63) is 95.6 Å². The highest BCUT2D eigenvalue weighted by Crippen LogP contribution is 2.24. The third-order valence-electron chi connectivity index (χ3n) is 5.55. The lowest BCUT2D eigenvalue weighted by atomic mass is 10.1. The first-order valence-corrected chi connectivity index (χ1v) is 11.7. The highest BCUT2D eigenvalue weighted by molar-refractivity contribution is 7.89. The minimum absolute atomic E-state index is 0.160. The molecule has 0 unspecified atom stereocenters. The molecule has 0 saturated heterocycles. The number of hydrogen-bond acceptors (Lipinski definition) is 4. The van der Waals surface area contributed by atoms with Gasteiger partial charge in [0.2, 0.25) is 10.0 Å². The van der Waals surface area contributed by atoms with Gasteiger partial charge in [0.25, 0.3) is 5.91 Å². The van der Waals surface area contributed by atoms with Crippen LogP contribution >= 0.6 is 0 Å². The maximum absolute atomic E-state index is 12.8. The monoisotopic (exact) mass is 448 g/mol. The van der Waals surface area contributed by atoms with Crippen LogP contribution in [0.15, 0.2) is 83.8 Å². The Hall–Kier alpha value is -3.42. The van der Waals surface area contributed by atoms with Crippen molar-refractivity contribution in [3.63, 3.8) is 0 Å². The molecule has 2 N–H and O–H groups in total. The predicted octanol–water partition coefficient (Wildman–Crippen LogP) is 3.51. The number of anilines is 1. The largest absolute Gasteiger partial charge is 0.508 e. The number of carbonyl (C=O) groups is 1. The second kappa shape index (κ2) is 8.98. The van der Waals surface area contributed by atoms with E-state index in [1.807, 2.05) is 24.3 Å². The van der Waals surface area contributed by atoms with Crippen molar-refractivity contribution in [1.82, 2.24) is 4.72 Å². The molecule has 0 saturated carbocycles. The van der Waals surface area contributed by atoms with Crippen molar-refractivity contribution in [2.75, 3.05) is 11.9 Å². The van der Waals surface area contributed by atoms with Gasteiger partial charge in [-0.3, -0.25) is 4.79 Å². The molecular weight excluding hydrogens is 424 g/mol. The number of hydrogen-bond donors (Lipinski definition) is 2. The van der Waals surface area contributed by atoms with Crippen molar-refractivity contribution in [1.29, 1.82) is 0 Å². The van der Waals surface area contributed by atoms with Crippen LogP contribution < -0.4 is 9.62 Å². The molecule has 4 rings (SSSR count). The van der Waals surface area contributed by atoms with Gasteiger partial charge in [0.1, 0.15) is 5.75 Å². The minimum Gasteiger partial charge on any atom is -0.508 e. The fraction of sp³-hybridized carbons (Fsp3) is 0.160. The van der Waals surface area contributed by atoms with E-state index < -0.39 is 10.0 Å². The summed E-state index contributed by atoms with van der Waals surface area (Å²) < 4.78 is 28.4. The summed E-state index contributed by atoms with van der Waals surface area (Å²) in [5, 5.41) is 9.32. The number of amides is 1. The zero-order chi connectivity index (χ0) is 22.7. The lowest BCUT2D eigenvalue weighted by Gasteiger charge is -2.17. The number of phenolic OH excluding ortho intramolecular Hbond substituents is 1. The van der Waals surface area contributed by atoms with Crippen LogP contribution in [0.25, 0.3) is 6.08 Å². The van der Waals surface area contributed by atoms with Gasteiger partial charge in [0, 0.05) is 24.9 Å². The van der Waals surface area contributed by atoms with Gasteiger partial charge in [-0.1, -0.05) is 36.4 Å². The van der Waals surface area contributed by atoms with Crippen LogP contribution in [0.2, 0.25) is 0 Å². The zero-order valence-corrected chi connectivity index (χ0v) is 18.4. The molecule has 0 bridgehead atoms. The SMILES string of the molecule is CN(C(=O)/C=C/c1ccc(O)cc1)c1ccc(S(=O)(=O)NC2Cc3ccccc3C2)cc1. The highest BCUT2D eigenvalue weighted by Gasteiger charge is 2.26. The van der Waals surface area contributed by atoms with E-state index in [9.17, 15) is 18.3 Å². The summed E-state index contributed by atoms with van der Waals surface area (Å²) in [4.78, 5) is 14.1. The molecule has 1 amide bonds. The maximum atomic E-state index is 12.8. The molecule has 0 aliphatic heterocycles. The van der Waals surface area contributed by atoms with Crippen LogP contribution in [0.5, 0.6) is 5.75 Å². The van der Waals surface area contributed by atoms with Gasteiger partial charge in [-0.2, -0.15) is 0 Å². The Balaban J connectivity index is 1.40. The Labute approximate surface area is 187 Å². The van der Waals surface area contributed by atoms with Crippen LogP contribution in [-0.4, -0.2) is 32.5 Å². The molecule has 164 valence electrons. The summed E-state index contributed by atoms with van der Waals surface area (Å²) in [5.41, 5.74) is 3.72. The Morgan fingerprint density at radius 1 is 0.969 bits per heavy atom. The molecule has 3 aromatic rings. The van der Waals surface area contributed by atoms with E-state index in [2.05, 4.69) is 4.72 Å². The van der Waals surface area contributed by atoms with E-state index in [0.29, 0.717) is 18.5 Å². The fourth-order valence-electron chi connectivity index (χ4n) is 3.77. The summed E-state index contributed by atoms with van der Waals surface area (Å²) in [5.74, 6) is -0.0943. The molecular formula is C25H24N2O4S. The molecule has 1 aliphatic rings. The standard InChI is InChI=1S/C25H24N2O4S/c1-27(25(29)15-8-18-6-11-23(28)12-7-18)22-9-13-24(14-10-22)32(30,31)26-21-16-19-4-2-3-5-20(19)17-21/h2-15,21,26,28H,16-17H2,1H3/b15-8+. The predicted molar refractivity (Wildman–Crippen MR) is 125 cm³/mol. The lowest BCUT2D eigenvalue weighted by molar-refractivity contribution is -0.113. The molecule has 0 heterocycles. The van der Waals surface area contributed by atoms with Crippen molar-refractivity contribution >= 4 is 27.7 Å². The quantitative estimate of drug-likeness (QED) is 0.565. The maximum Gasteiger partial charge on any atom is 0.250 e.